The predicted molar refractivity (Wildman–Crippen MR) is 129 cm³/mol. The number of carbonyl (C=O) groups is 4. The molecule has 4 N–H and O–H groups in total. The smallest absolute Gasteiger partial charge is 0.358 e. The van der Waals surface area contributed by atoms with E-state index in [1.54, 1.807) is 17.5 Å². The molecular formula is C19H17N7O7S3. The van der Waals surface area contributed by atoms with E-state index < -0.39 is 47.7 Å². The van der Waals surface area contributed by atoms with Crippen molar-refractivity contribution in [2.24, 2.45) is 5.16 Å². The van der Waals surface area contributed by atoms with E-state index in [1.807, 2.05) is 0 Å². The summed E-state index contributed by atoms with van der Waals surface area (Å²) in [6, 6.07) is -1.01. The topological polar surface area (TPSA) is 199 Å². The van der Waals surface area contributed by atoms with Crippen molar-refractivity contribution in [2.45, 2.75) is 18.3 Å². The number of nitrogens with two attached hydrogens (primary N) is 1. The summed E-state index contributed by atoms with van der Waals surface area (Å²) in [6.07, 6.45) is 3.25. The average Bonchev–Trinajstić information content (AvgIpc) is 3.52. The lowest BCUT2D eigenvalue weighted by Gasteiger charge is -2.49. The molecule has 0 saturated carbocycles. The maximum atomic E-state index is 13.0. The molecule has 0 bridgehead atoms. The van der Waals surface area contributed by atoms with Gasteiger partial charge in [0.2, 0.25) is 6.79 Å². The Morgan fingerprint density at radius 3 is 2.78 bits per heavy atom. The van der Waals surface area contributed by atoms with Crippen LogP contribution < -0.4 is 11.1 Å². The lowest BCUT2D eigenvalue weighted by atomic mass is 10.0. The molecule has 0 aromatic carbocycles. The van der Waals surface area contributed by atoms with Crippen LogP contribution in [0.2, 0.25) is 0 Å². The number of carbonyl (C=O) groups excluding carboxylic acids is 4. The van der Waals surface area contributed by atoms with Gasteiger partial charge in [0.1, 0.15) is 22.8 Å². The number of thioether (sulfide) groups is 1. The number of nitrogens with one attached hydrogen (secondary N) is 1. The van der Waals surface area contributed by atoms with Gasteiger partial charge in [0.15, 0.2) is 10.8 Å². The fraction of sp³-hybridized carbons (Fsp3) is 0.263. The van der Waals surface area contributed by atoms with Crippen molar-refractivity contribution in [3.05, 3.63) is 39.5 Å². The molecule has 0 aliphatic carbocycles. The molecule has 2 aromatic heterocycles. The molecule has 2 aromatic rings. The number of aromatic nitrogens is 3. The molecular weight excluding hydrogens is 534 g/mol. The number of ether oxygens (including phenoxy) is 2. The van der Waals surface area contributed by atoms with Crippen LogP contribution in [0, 0.1) is 0 Å². The standard InChI is InChI=1S/C19H17N7O7S3/c1-8(27)32-7-33-18(30)14-9(2-3-10-5-36-25-23-10)4-34-17-13(16(29)26(14)17)22-15(28)12(24-31)11-6-35-19(20)21-11/h2-3,5-6,13,17,31H,4,7H2,1H3,(H2,20,21)(H,22,28)/b3-2-,24-12-/t13?,17-/m1/s1. The molecule has 1 fully saturated rings. The maximum Gasteiger partial charge on any atom is 0.358 e. The number of oxime groups is 1. The Kier molecular flexibility index (Phi) is 7.61. The number of thiazole rings is 1. The molecule has 2 amide bonds. The van der Waals surface area contributed by atoms with Gasteiger partial charge in [-0.1, -0.05) is 15.7 Å². The highest BCUT2D eigenvalue weighted by atomic mass is 32.2. The monoisotopic (exact) mass is 551 g/mol. The van der Waals surface area contributed by atoms with Gasteiger partial charge < -0.3 is 25.7 Å². The predicted octanol–water partition coefficient (Wildman–Crippen LogP) is 0.186. The second kappa shape index (κ2) is 10.8. The van der Waals surface area contributed by atoms with Gasteiger partial charge in [-0.25, -0.2) is 9.78 Å². The minimum Gasteiger partial charge on any atom is -0.428 e. The molecule has 2 aliphatic rings. The van der Waals surface area contributed by atoms with Crippen molar-refractivity contribution in [1.29, 1.82) is 0 Å². The Balaban J connectivity index is 1.54. The van der Waals surface area contributed by atoms with Gasteiger partial charge in [0.05, 0.1) is 5.69 Å². The normalized spacial score (nSPS) is 19.6. The Morgan fingerprint density at radius 1 is 1.33 bits per heavy atom. The Morgan fingerprint density at radius 2 is 2.14 bits per heavy atom. The van der Waals surface area contributed by atoms with Crippen molar-refractivity contribution < 1.29 is 33.9 Å². The number of amides is 2. The summed E-state index contributed by atoms with van der Waals surface area (Å²) in [7, 11) is 0. The minimum absolute atomic E-state index is 0.0517. The van der Waals surface area contributed by atoms with E-state index in [0.29, 0.717) is 11.3 Å². The van der Waals surface area contributed by atoms with Crippen molar-refractivity contribution >= 4 is 75.3 Å². The van der Waals surface area contributed by atoms with Crippen LogP contribution in [0.25, 0.3) is 6.08 Å². The van der Waals surface area contributed by atoms with Gasteiger partial charge in [-0.3, -0.25) is 19.3 Å². The zero-order chi connectivity index (χ0) is 25.8. The van der Waals surface area contributed by atoms with Crippen molar-refractivity contribution in [3.8, 4) is 0 Å². The van der Waals surface area contributed by atoms with Crippen LogP contribution in [-0.2, 0) is 28.7 Å². The summed E-state index contributed by atoms with van der Waals surface area (Å²) >= 11 is 3.50. The van der Waals surface area contributed by atoms with E-state index in [4.69, 9.17) is 10.5 Å². The van der Waals surface area contributed by atoms with Crippen LogP contribution in [0.15, 0.2) is 33.3 Å². The van der Waals surface area contributed by atoms with Gasteiger partial charge in [0.25, 0.3) is 11.8 Å². The lowest BCUT2D eigenvalue weighted by molar-refractivity contribution is -0.166. The van der Waals surface area contributed by atoms with E-state index in [0.717, 1.165) is 29.8 Å². The first-order valence-corrected chi connectivity index (χ1v) is 12.7. The minimum atomic E-state index is -1.01. The Labute approximate surface area is 215 Å². The molecule has 2 atom stereocenters. The number of β-lactam (4-membered cyclic amide) rings is 1. The van der Waals surface area contributed by atoms with Gasteiger partial charge >= 0.3 is 11.9 Å². The third kappa shape index (κ3) is 5.21. The van der Waals surface area contributed by atoms with Crippen molar-refractivity contribution in [1.82, 2.24) is 24.8 Å². The van der Waals surface area contributed by atoms with Crippen LogP contribution >= 0.6 is 34.6 Å². The molecule has 0 radical (unpaired) electrons. The van der Waals surface area contributed by atoms with E-state index in [1.165, 1.54) is 22.0 Å². The third-order valence-electron chi connectivity index (χ3n) is 4.84. The molecule has 2 aliphatic heterocycles. The quantitative estimate of drug-likeness (QED) is 0.101. The summed E-state index contributed by atoms with van der Waals surface area (Å²) in [6.45, 7) is 0.532. The van der Waals surface area contributed by atoms with E-state index >= 15 is 0 Å². The first kappa shape index (κ1) is 25.3. The number of nitrogen functional groups attached to an aromatic ring is 1. The highest BCUT2D eigenvalue weighted by Crippen LogP contribution is 2.41. The van der Waals surface area contributed by atoms with Gasteiger partial charge in [-0.15, -0.1) is 28.2 Å². The van der Waals surface area contributed by atoms with Crippen LogP contribution in [0.1, 0.15) is 18.3 Å². The summed E-state index contributed by atoms with van der Waals surface area (Å²) in [5.41, 5.74) is 6.18. The van der Waals surface area contributed by atoms with E-state index in [2.05, 4.69) is 29.8 Å². The number of nitrogens with zero attached hydrogens (tertiary/aromatic N) is 5. The largest absolute Gasteiger partial charge is 0.428 e. The molecule has 1 saturated heterocycles. The zero-order valence-corrected chi connectivity index (χ0v) is 20.8. The number of hydrogen-bond donors (Lipinski definition) is 3. The second-order valence-corrected chi connectivity index (χ2v) is 9.71. The van der Waals surface area contributed by atoms with Crippen molar-refractivity contribution in [2.75, 3.05) is 18.3 Å². The van der Waals surface area contributed by atoms with Gasteiger partial charge in [-0.2, -0.15) is 0 Å². The molecule has 17 heteroatoms. The summed E-state index contributed by atoms with van der Waals surface area (Å²) in [5.74, 6) is -2.67. The Bertz CT molecular complexity index is 1290. The highest BCUT2D eigenvalue weighted by molar-refractivity contribution is 8.00. The number of fused-ring (bicyclic) bond motifs is 1. The highest BCUT2D eigenvalue weighted by Gasteiger charge is 2.54. The second-order valence-electron chi connectivity index (χ2n) is 7.10. The van der Waals surface area contributed by atoms with Gasteiger partial charge in [0, 0.05) is 23.4 Å². The fourth-order valence-corrected chi connectivity index (χ4v) is 5.53. The van der Waals surface area contributed by atoms with E-state index in [9.17, 15) is 24.4 Å². The molecule has 4 heterocycles. The molecule has 188 valence electrons. The molecule has 36 heavy (non-hydrogen) atoms. The zero-order valence-electron chi connectivity index (χ0n) is 18.3. The number of allylic oxidation sites excluding steroid dienone is 1. The molecule has 14 nitrogen and oxygen atoms in total. The molecule has 1 unspecified atom stereocenters. The summed E-state index contributed by atoms with van der Waals surface area (Å²) < 4.78 is 13.5. The van der Waals surface area contributed by atoms with Gasteiger partial charge in [-0.05, 0) is 23.2 Å². The van der Waals surface area contributed by atoms with Crippen LogP contribution in [0.3, 0.4) is 0 Å². The summed E-state index contributed by atoms with van der Waals surface area (Å²) in [5, 5.41) is 21.4. The number of rotatable bonds is 8. The maximum absolute atomic E-state index is 13.0. The number of esters is 2. The number of hydrogen-bond acceptors (Lipinski definition) is 15. The van der Waals surface area contributed by atoms with Crippen LogP contribution in [0.5, 0.6) is 0 Å². The third-order valence-corrected chi connectivity index (χ3v) is 7.34. The first-order valence-electron chi connectivity index (χ1n) is 9.98. The lowest BCUT2D eigenvalue weighted by Crippen LogP contribution is -2.71. The fourth-order valence-electron chi connectivity index (χ4n) is 3.24. The van der Waals surface area contributed by atoms with Crippen molar-refractivity contribution in [3.63, 3.8) is 0 Å². The summed E-state index contributed by atoms with van der Waals surface area (Å²) in [4.78, 5) is 54.7. The van der Waals surface area contributed by atoms with Crippen LogP contribution in [-0.4, -0.2) is 78.1 Å². The molecule has 0 spiro atoms. The van der Waals surface area contributed by atoms with Crippen LogP contribution in [0.4, 0.5) is 5.13 Å². The SMILES string of the molecule is CC(=O)OCOC(=O)C1=C(/C=C\c2csnn2)CS[C@@H]2C(NC(=O)/C(=N\O)c3csc(N)n3)C(=O)N12. The average molecular weight is 552 g/mol. The van der Waals surface area contributed by atoms with E-state index in [-0.39, 0.29) is 22.3 Å². The molecule has 4 rings (SSSR count). The number of anilines is 1. The Hall–Kier alpha value is -3.83. The first-order chi connectivity index (χ1) is 17.3.